The van der Waals surface area contributed by atoms with Crippen molar-refractivity contribution >= 4 is 56.2 Å². The van der Waals surface area contributed by atoms with E-state index in [0.29, 0.717) is 11.5 Å². The summed E-state index contributed by atoms with van der Waals surface area (Å²) in [5.41, 5.74) is 9.48. The lowest BCUT2D eigenvalue weighted by Gasteiger charge is -2.37. The third-order valence-electron chi connectivity index (χ3n) is 10.8. The molecule has 2 unspecified atom stereocenters. The van der Waals surface area contributed by atoms with Crippen molar-refractivity contribution < 1.29 is 19.1 Å². The number of allylic oxidation sites excluding steroid dienone is 6. The number of carbonyl (C=O) groups is 2. The molecule has 58 heavy (non-hydrogen) atoms. The Balaban J connectivity index is 1.08. The predicted octanol–water partition coefficient (Wildman–Crippen LogP) is 12.6. The molecule has 8 rings (SSSR count). The summed E-state index contributed by atoms with van der Waals surface area (Å²) in [6.07, 6.45) is 13.4. The maximum Gasteiger partial charge on any atom is 0.335 e. The summed E-state index contributed by atoms with van der Waals surface area (Å²) in [6.45, 7) is 11.6. The maximum absolute atomic E-state index is 11.8. The van der Waals surface area contributed by atoms with E-state index in [2.05, 4.69) is 146 Å². The lowest BCUT2D eigenvalue weighted by Crippen LogP contribution is -2.33. The second-order valence-electron chi connectivity index (χ2n) is 14.7. The standard InChI is InChI=1S/C52H44N2O4/c1-5-51(55)57-47-25-19-39-31-45(23-17-41(39)33-47)53(43-13-9-7-10-14-43)49-27-21-37(29-35(49)3)38-22-28-50(36(4)30-38)54(44-15-11-8-12-16-44)46-24-18-42-34-48(58-52(56)6-2)26-20-40(42)32-46/h5-27,30-35,50H,1-2,28-29H2,3-4H3. The van der Waals surface area contributed by atoms with Crippen molar-refractivity contribution in [3.8, 4) is 11.5 Å². The molecule has 0 aliphatic heterocycles. The average molecular weight is 761 g/mol. The number of esters is 2. The molecular formula is C52H44N2O4. The Labute approximate surface area is 339 Å². The third kappa shape index (κ3) is 7.91. The minimum absolute atomic E-state index is 0.121. The van der Waals surface area contributed by atoms with Crippen LogP contribution >= 0.6 is 0 Å². The number of para-hydroxylation sites is 2. The summed E-state index contributed by atoms with van der Waals surface area (Å²) in [7, 11) is 0. The van der Waals surface area contributed by atoms with Crippen molar-refractivity contribution in [2.45, 2.75) is 32.7 Å². The highest BCUT2D eigenvalue weighted by atomic mass is 16.5. The van der Waals surface area contributed by atoms with Gasteiger partial charge in [-0.15, -0.1) is 0 Å². The molecule has 0 N–H and O–H groups in total. The van der Waals surface area contributed by atoms with Crippen LogP contribution in [0.1, 0.15) is 26.7 Å². The van der Waals surface area contributed by atoms with Crippen molar-refractivity contribution in [3.05, 3.63) is 205 Å². The van der Waals surface area contributed by atoms with Gasteiger partial charge in [0.05, 0.1) is 6.04 Å². The zero-order chi connectivity index (χ0) is 40.2. The molecule has 6 heteroatoms. The van der Waals surface area contributed by atoms with Crippen molar-refractivity contribution in [1.82, 2.24) is 0 Å². The van der Waals surface area contributed by atoms with Gasteiger partial charge in [-0.3, -0.25) is 0 Å². The molecule has 0 radical (unpaired) electrons. The van der Waals surface area contributed by atoms with E-state index < -0.39 is 11.9 Å². The molecule has 2 atom stereocenters. The first-order chi connectivity index (χ1) is 28.3. The Morgan fingerprint density at radius 1 is 0.638 bits per heavy atom. The molecule has 6 aromatic carbocycles. The molecule has 0 heterocycles. The number of rotatable bonds is 11. The van der Waals surface area contributed by atoms with Gasteiger partial charge >= 0.3 is 11.9 Å². The molecule has 6 nitrogen and oxygen atoms in total. The number of hydrogen-bond donors (Lipinski definition) is 0. The molecular weight excluding hydrogens is 717 g/mol. The van der Waals surface area contributed by atoms with Crippen molar-refractivity contribution in [3.63, 3.8) is 0 Å². The number of ether oxygens (including phenoxy) is 2. The van der Waals surface area contributed by atoms with Crippen LogP contribution in [0.4, 0.5) is 22.7 Å². The molecule has 0 amide bonds. The monoisotopic (exact) mass is 760 g/mol. The normalized spacial score (nSPS) is 16.3. The van der Waals surface area contributed by atoms with E-state index in [-0.39, 0.29) is 12.0 Å². The first kappa shape index (κ1) is 37.7. The van der Waals surface area contributed by atoms with Gasteiger partial charge in [0.2, 0.25) is 0 Å². The second kappa shape index (κ2) is 16.5. The zero-order valence-electron chi connectivity index (χ0n) is 32.7. The van der Waals surface area contributed by atoms with Crippen LogP contribution < -0.4 is 19.3 Å². The van der Waals surface area contributed by atoms with E-state index in [1.807, 2.05) is 48.5 Å². The zero-order valence-corrected chi connectivity index (χ0v) is 32.7. The van der Waals surface area contributed by atoms with Crippen LogP contribution in [-0.2, 0) is 9.59 Å². The topological polar surface area (TPSA) is 59.1 Å². The highest BCUT2D eigenvalue weighted by Crippen LogP contribution is 2.42. The Morgan fingerprint density at radius 2 is 1.17 bits per heavy atom. The summed E-state index contributed by atoms with van der Waals surface area (Å²) >= 11 is 0. The fourth-order valence-corrected chi connectivity index (χ4v) is 8.00. The molecule has 0 spiro atoms. The Kier molecular flexibility index (Phi) is 10.7. The molecule has 0 aromatic heterocycles. The van der Waals surface area contributed by atoms with Gasteiger partial charge in [0.15, 0.2) is 0 Å². The summed E-state index contributed by atoms with van der Waals surface area (Å²) in [6, 6.07) is 45.4. The first-order valence-corrected chi connectivity index (χ1v) is 19.5. The largest absolute Gasteiger partial charge is 0.423 e. The number of anilines is 4. The molecule has 6 aromatic rings. The van der Waals surface area contributed by atoms with E-state index in [1.165, 1.54) is 34.6 Å². The van der Waals surface area contributed by atoms with Crippen molar-refractivity contribution in [2.24, 2.45) is 5.92 Å². The molecule has 2 aliphatic carbocycles. The Bertz CT molecular complexity index is 2690. The minimum Gasteiger partial charge on any atom is -0.423 e. The van der Waals surface area contributed by atoms with E-state index in [1.54, 1.807) is 0 Å². The minimum atomic E-state index is -0.478. The van der Waals surface area contributed by atoms with E-state index in [4.69, 9.17) is 9.47 Å². The van der Waals surface area contributed by atoms with Gasteiger partial charge < -0.3 is 19.3 Å². The smallest absolute Gasteiger partial charge is 0.335 e. The summed E-state index contributed by atoms with van der Waals surface area (Å²) < 4.78 is 10.7. The van der Waals surface area contributed by atoms with Crippen LogP contribution in [0.2, 0.25) is 0 Å². The summed E-state index contributed by atoms with van der Waals surface area (Å²) in [4.78, 5) is 28.4. The van der Waals surface area contributed by atoms with Gasteiger partial charge in [0.25, 0.3) is 0 Å². The molecule has 0 saturated heterocycles. The number of fused-ring (bicyclic) bond motifs is 2. The van der Waals surface area contributed by atoms with Crippen LogP contribution in [0.25, 0.3) is 21.5 Å². The highest BCUT2D eigenvalue weighted by molar-refractivity contribution is 5.91. The quantitative estimate of drug-likeness (QED) is 0.0744. The van der Waals surface area contributed by atoms with Gasteiger partial charge in [-0.1, -0.05) is 99.0 Å². The molecule has 0 fully saturated rings. The van der Waals surface area contributed by atoms with Gasteiger partial charge in [0.1, 0.15) is 11.5 Å². The van der Waals surface area contributed by atoms with E-state index >= 15 is 0 Å². The average Bonchev–Trinajstić information content (AvgIpc) is 3.25. The van der Waals surface area contributed by atoms with E-state index in [0.717, 1.165) is 57.1 Å². The Hall–Kier alpha value is -7.18. The lowest BCUT2D eigenvalue weighted by atomic mass is 9.83. The SMILES string of the molecule is C=CC(=O)Oc1ccc2cc(N(C3=CC=C(C4=CCC(N(c5ccccc5)c5ccc6cc(OC(=O)C=C)ccc6c5)C(C)=C4)CC3C)c3ccccc3)ccc2c1. The van der Waals surface area contributed by atoms with Crippen LogP contribution in [0.15, 0.2) is 205 Å². The first-order valence-electron chi connectivity index (χ1n) is 19.5. The summed E-state index contributed by atoms with van der Waals surface area (Å²) in [5.74, 6) is 0.270. The maximum atomic E-state index is 11.8. The number of nitrogens with zero attached hydrogens (tertiary/aromatic N) is 2. The van der Waals surface area contributed by atoms with Gasteiger partial charge in [-0.05, 0) is 137 Å². The van der Waals surface area contributed by atoms with Crippen LogP contribution in [0, 0.1) is 5.92 Å². The lowest BCUT2D eigenvalue weighted by molar-refractivity contribution is -0.129. The number of carbonyl (C=O) groups excluding carboxylic acids is 2. The molecule has 0 bridgehead atoms. The fourth-order valence-electron chi connectivity index (χ4n) is 8.00. The molecule has 0 saturated carbocycles. The third-order valence-corrected chi connectivity index (χ3v) is 10.8. The van der Waals surface area contributed by atoms with Crippen LogP contribution in [-0.4, -0.2) is 18.0 Å². The highest BCUT2D eigenvalue weighted by Gasteiger charge is 2.28. The predicted molar refractivity (Wildman–Crippen MR) is 237 cm³/mol. The van der Waals surface area contributed by atoms with Crippen molar-refractivity contribution in [1.29, 1.82) is 0 Å². The number of benzene rings is 6. The van der Waals surface area contributed by atoms with Gasteiger partial charge in [-0.25, -0.2) is 9.59 Å². The van der Waals surface area contributed by atoms with Crippen LogP contribution in [0.5, 0.6) is 11.5 Å². The fraction of sp³-hybridized carbons (Fsp3) is 0.115. The van der Waals surface area contributed by atoms with Crippen molar-refractivity contribution in [2.75, 3.05) is 9.80 Å². The summed E-state index contributed by atoms with van der Waals surface area (Å²) in [5, 5.41) is 4.08. The van der Waals surface area contributed by atoms with Gasteiger partial charge in [0, 0.05) is 46.5 Å². The number of hydrogen-bond acceptors (Lipinski definition) is 6. The molecule has 2 aliphatic rings. The van der Waals surface area contributed by atoms with E-state index in [9.17, 15) is 9.59 Å². The van der Waals surface area contributed by atoms with Gasteiger partial charge in [-0.2, -0.15) is 0 Å². The Morgan fingerprint density at radius 3 is 1.74 bits per heavy atom. The van der Waals surface area contributed by atoms with Crippen LogP contribution in [0.3, 0.4) is 0 Å². The molecule has 286 valence electrons. The second-order valence-corrected chi connectivity index (χ2v) is 14.7.